The van der Waals surface area contributed by atoms with E-state index in [4.69, 9.17) is 0 Å². The lowest BCUT2D eigenvalue weighted by Gasteiger charge is -2.27. The van der Waals surface area contributed by atoms with Crippen molar-refractivity contribution >= 4 is 11.9 Å². The summed E-state index contributed by atoms with van der Waals surface area (Å²) in [6, 6.07) is 10.2. The molecule has 1 unspecified atom stereocenters. The number of esters is 1. The van der Waals surface area contributed by atoms with Gasteiger partial charge in [-0.25, -0.2) is 4.79 Å². The maximum atomic E-state index is 12.9. The molecule has 10 heteroatoms. The molecular weight excluding hydrogens is 485 g/mol. The average Bonchev–Trinajstić information content (AvgIpc) is 3.24. The van der Waals surface area contributed by atoms with Gasteiger partial charge in [0, 0.05) is 25.5 Å². The fourth-order valence-corrected chi connectivity index (χ4v) is 4.49. The number of amides is 1. The molecule has 0 aliphatic carbocycles. The lowest BCUT2D eigenvalue weighted by atomic mass is 9.99. The first kappa shape index (κ1) is 26.3. The highest BCUT2D eigenvalue weighted by Crippen LogP contribution is 2.39. The lowest BCUT2D eigenvalue weighted by molar-refractivity contribution is -0.137. The van der Waals surface area contributed by atoms with Gasteiger partial charge in [0.25, 0.3) is 5.91 Å². The van der Waals surface area contributed by atoms with E-state index in [1.807, 2.05) is 6.07 Å². The molecule has 1 N–H and O–H groups in total. The molecule has 0 bridgehead atoms. The molecule has 0 spiro atoms. The third-order valence-electron chi connectivity index (χ3n) is 6.28. The number of aromatic nitrogens is 2. The van der Waals surface area contributed by atoms with Gasteiger partial charge in [-0.05, 0) is 47.4 Å². The van der Waals surface area contributed by atoms with Gasteiger partial charge in [-0.3, -0.25) is 19.7 Å². The molecule has 37 heavy (non-hydrogen) atoms. The summed E-state index contributed by atoms with van der Waals surface area (Å²) in [4.78, 5) is 35.2. The number of nitrogens with one attached hydrogen (secondary N) is 1. The Balaban J connectivity index is 1.44. The van der Waals surface area contributed by atoms with Crippen molar-refractivity contribution in [2.45, 2.75) is 45.7 Å². The predicted octanol–water partition coefficient (Wildman–Crippen LogP) is 4.92. The Morgan fingerprint density at radius 1 is 1.08 bits per heavy atom. The summed E-state index contributed by atoms with van der Waals surface area (Å²) in [5.41, 5.74) is 3.20. The first-order chi connectivity index (χ1) is 17.6. The van der Waals surface area contributed by atoms with Crippen LogP contribution < -0.4 is 5.32 Å². The molecule has 0 radical (unpaired) electrons. The average molecular weight is 513 g/mol. The summed E-state index contributed by atoms with van der Waals surface area (Å²) >= 11 is 0. The number of hydrogen-bond donors (Lipinski definition) is 1. The summed E-state index contributed by atoms with van der Waals surface area (Å²) in [5.74, 6) is -0.585. The van der Waals surface area contributed by atoms with Crippen molar-refractivity contribution in [3.63, 3.8) is 0 Å². The summed E-state index contributed by atoms with van der Waals surface area (Å²) in [6.07, 6.45) is -1.44. The van der Waals surface area contributed by atoms with Gasteiger partial charge in [0.2, 0.25) is 0 Å². The molecule has 1 amide bonds. The van der Waals surface area contributed by atoms with Crippen LogP contribution in [0.25, 0.3) is 0 Å². The Morgan fingerprint density at radius 2 is 1.78 bits per heavy atom. The minimum atomic E-state index is -4.37. The summed E-state index contributed by atoms with van der Waals surface area (Å²) in [7, 11) is 1.29. The first-order valence-corrected chi connectivity index (χ1v) is 11.8. The molecule has 194 valence electrons. The zero-order chi connectivity index (χ0) is 26.7. The van der Waals surface area contributed by atoms with Crippen molar-refractivity contribution in [1.29, 1.82) is 0 Å². The summed E-state index contributed by atoms with van der Waals surface area (Å²) < 4.78 is 43.4. The van der Waals surface area contributed by atoms with Crippen LogP contribution in [-0.2, 0) is 30.5 Å². The third-order valence-corrected chi connectivity index (χ3v) is 6.28. The molecule has 0 fully saturated rings. The molecule has 2 aromatic heterocycles. The van der Waals surface area contributed by atoms with Crippen LogP contribution >= 0.6 is 0 Å². The number of carbonyl (C=O) groups is 2. The van der Waals surface area contributed by atoms with Gasteiger partial charge in [-0.1, -0.05) is 26.0 Å². The van der Waals surface area contributed by atoms with E-state index in [-0.39, 0.29) is 24.4 Å². The monoisotopic (exact) mass is 512 g/mol. The molecule has 4 rings (SSSR count). The minimum absolute atomic E-state index is 0.0214. The number of benzene rings is 1. The van der Waals surface area contributed by atoms with Gasteiger partial charge in [-0.2, -0.15) is 13.2 Å². The molecule has 1 aliphatic heterocycles. The Kier molecular flexibility index (Phi) is 7.58. The summed E-state index contributed by atoms with van der Waals surface area (Å²) in [5, 5.41) is 2.81. The van der Waals surface area contributed by atoms with Crippen LogP contribution in [-0.4, -0.2) is 33.9 Å². The second-order valence-electron chi connectivity index (χ2n) is 9.27. The second kappa shape index (κ2) is 10.7. The molecule has 0 saturated heterocycles. The summed E-state index contributed by atoms with van der Waals surface area (Å²) in [6.45, 7) is 5.31. The minimum Gasteiger partial charge on any atom is -0.465 e. The lowest BCUT2D eigenvalue weighted by Crippen LogP contribution is -2.26. The number of nitrogens with zero attached hydrogens (tertiary/aromatic N) is 3. The number of ether oxygens (including phenoxy) is 1. The molecule has 1 aliphatic rings. The van der Waals surface area contributed by atoms with Crippen LogP contribution in [0.1, 0.15) is 68.7 Å². The van der Waals surface area contributed by atoms with Crippen LogP contribution in [0.5, 0.6) is 0 Å². The predicted molar refractivity (Wildman–Crippen MR) is 129 cm³/mol. The van der Waals surface area contributed by atoms with Crippen LogP contribution in [0.4, 0.5) is 13.2 Å². The number of pyridine rings is 2. The largest absolute Gasteiger partial charge is 0.465 e. The Morgan fingerprint density at radius 3 is 2.38 bits per heavy atom. The van der Waals surface area contributed by atoms with Crippen LogP contribution in [0, 0.1) is 5.92 Å². The molecular formula is C27H27F3N4O3. The van der Waals surface area contributed by atoms with Crippen molar-refractivity contribution in [3.05, 3.63) is 94.1 Å². The molecule has 3 heterocycles. The van der Waals surface area contributed by atoms with Gasteiger partial charge < -0.3 is 10.1 Å². The highest BCUT2D eigenvalue weighted by Gasteiger charge is 2.35. The van der Waals surface area contributed by atoms with Crippen molar-refractivity contribution < 1.29 is 27.5 Å². The molecule has 7 nitrogen and oxygen atoms in total. The maximum Gasteiger partial charge on any atom is 0.416 e. The molecule has 3 aromatic rings. The standard InChI is InChI=1S/C27H27F3N4O3/c1-16(2)24-23-20(15-34(24)14-17-4-7-21(8-5-17)27(28,29)30)10-19(12-32-23)25(35)33-13-22-9-6-18(11-31-22)26(36)37-3/h4-12,16,24H,13-15H2,1-3H3,(H,33,35). The van der Waals surface area contributed by atoms with Gasteiger partial charge in [0.15, 0.2) is 0 Å². The highest BCUT2D eigenvalue weighted by atomic mass is 19.4. The fraction of sp³-hybridized carbons (Fsp3) is 0.333. The molecule has 0 saturated carbocycles. The Labute approximate surface area is 212 Å². The first-order valence-electron chi connectivity index (χ1n) is 11.8. The topological polar surface area (TPSA) is 84.4 Å². The SMILES string of the molecule is COC(=O)c1ccc(CNC(=O)c2cnc3c(c2)CN(Cc2ccc(C(F)(F)F)cc2)C3C(C)C)nc1. The Hall–Kier alpha value is -3.79. The zero-order valence-electron chi connectivity index (χ0n) is 20.7. The van der Waals surface area contributed by atoms with E-state index < -0.39 is 17.7 Å². The normalized spacial score (nSPS) is 15.5. The fourth-order valence-electron chi connectivity index (χ4n) is 4.49. The van der Waals surface area contributed by atoms with Crippen molar-refractivity contribution in [3.8, 4) is 0 Å². The van der Waals surface area contributed by atoms with E-state index in [2.05, 4.69) is 38.8 Å². The van der Waals surface area contributed by atoms with Gasteiger partial charge in [0.1, 0.15) is 0 Å². The number of carbonyl (C=O) groups excluding carboxylic acids is 2. The van der Waals surface area contributed by atoms with Crippen molar-refractivity contribution in [1.82, 2.24) is 20.2 Å². The van der Waals surface area contributed by atoms with Crippen molar-refractivity contribution in [2.75, 3.05) is 7.11 Å². The van der Waals surface area contributed by atoms with E-state index >= 15 is 0 Å². The van der Waals surface area contributed by atoms with E-state index in [1.54, 1.807) is 18.3 Å². The van der Waals surface area contributed by atoms with E-state index in [0.717, 1.165) is 29.0 Å². The number of hydrogen-bond acceptors (Lipinski definition) is 6. The van der Waals surface area contributed by atoms with Gasteiger partial charge in [-0.15, -0.1) is 0 Å². The van der Waals surface area contributed by atoms with E-state index in [9.17, 15) is 22.8 Å². The smallest absolute Gasteiger partial charge is 0.416 e. The molecule has 1 atom stereocenters. The molecule has 1 aromatic carbocycles. The van der Waals surface area contributed by atoms with Crippen LogP contribution in [0.3, 0.4) is 0 Å². The Bertz CT molecular complexity index is 1280. The second-order valence-corrected chi connectivity index (χ2v) is 9.27. The van der Waals surface area contributed by atoms with E-state index in [0.29, 0.717) is 29.9 Å². The zero-order valence-corrected chi connectivity index (χ0v) is 20.7. The quantitative estimate of drug-likeness (QED) is 0.452. The van der Waals surface area contributed by atoms with Crippen LogP contribution in [0.15, 0.2) is 54.9 Å². The maximum absolute atomic E-state index is 12.9. The van der Waals surface area contributed by atoms with Crippen molar-refractivity contribution in [2.24, 2.45) is 5.92 Å². The highest BCUT2D eigenvalue weighted by molar-refractivity contribution is 5.94. The number of halogens is 3. The van der Waals surface area contributed by atoms with Gasteiger partial charge in [0.05, 0.1) is 47.8 Å². The number of rotatable bonds is 7. The number of alkyl halides is 3. The van der Waals surface area contributed by atoms with Gasteiger partial charge >= 0.3 is 12.1 Å². The van der Waals surface area contributed by atoms with Crippen LogP contribution in [0.2, 0.25) is 0 Å². The number of fused-ring (bicyclic) bond motifs is 1. The van der Waals surface area contributed by atoms with E-state index in [1.165, 1.54) is 25.4 Å². The third kappa shape index (κ3) is 5.96. The number of methoxy groups -OCH3 is 1.